The van der Waals surface area contributed by atoms with Crippen LogP contribution in [0.1, 0.15) is 24.6 Å². The van der Waals surface area contributed by atoms with Crippen LogP contribution in [-0.4, -0.2) is 45.2 Å². The average molecular weight is 540 g/mol. The first kappa shape index (κ1) is 27.5. The third-order valence-electron chi connectivity index (χ3n) is 6.00. The fraction of sp³-hybridized carbons (Fsp3) is 0.333. The Morgan fingerprint density at radius 2 is 1.92 bits per heavy atom. The van der Waals surface area contributed by atoms with Crippen LogP contribution >= 0.6 is 0 Å². The molecule has 0 unspecified atom stereocenters. The van der Waals surface area contributed by atoms with Gasteiger partial charge in [-0.25, -0.2) is 18.7 Å². The van der Waals surface area contributed by atoms with E-state index in [1.807, 2.05) is 4.57 Å². The van der Waals surface area contributed by atoms with E-state index in [1.165, 1.54) is 19.1 Å². The summed E-state index contributed by atoms with van der Waals surface area (Å²) in [6, 6.07) is 10.6. The van der Waals surface area contributed by atoms with E-state index in [-0.39, 0.29) is 24.9 Å². The maximum atomic E-state index is 13.6. The zero-order valence-corrected chi connectivity index (χ0v) is 22.8. The van der Waals surface area contributed by atoms with Crippen molar-refractivity contribution in [3.63, 3.8) is 0 Å². The number of pyridine rings is 3. The van der Waals surface area contributed by atoms with Crippen LogP contribution in [0.2, 0.25) is 25.7 Å². The Balaban J connectivity index is 1.99. The van der Waals surface area contributed by atoms with Crippen LogP contribution in [0.25, 0.3) is 33.5 Å². The van der Waals surface area contributed by atoms with Gasteiger partial charge in [-0.15, -0.1) is 0 Å². The summed E-state index contributed by atoms with van der Waals surface area (Å²) in [5.41, 5.74) is 3.46. The number of rotatable bonds is 10. The highest BCUT2D eigenvalue weighted by Crippen LogP contribution is 2.41. The van der Waals surface area contributed by atoms with Crippen LogP contribution in [0.15, 0.2) is 48.8 Å². The fourth-order valence-corrected chi connectivity index (χ4v) is 4.97. The number of aliphatic hydroxyl groups is 1. The van der Waals surface area contributed by atoms with Gasteiger partial charge in [0.2, 0.25) is 5.91 Å². The number of hydrogen-bond acceptors (Lipinski definition) is 6. The number of nitrogens with one attached hydrogen (secondary N) is 1. The van der Waals surface area contributed by atoms with Gasteiger partial charge in [-0.2, -0.15) is 0 Å². The van der Waals surface area contributed by atoms with Gasteiger partial charge in [0, 0.05) is 45.1 Å². The summed E-state index contributed by atoms with van der Waals surface area (Å²) in [6.45, 7) is 8.62. The first-order chi connectivity index (χ1) is 18.1. The quantitative estimate of drug-likeness (QED) is 0.193. The Kier molecular flexibility index (Phi) is 8.29. The number of hydrogen-bond donors (Lipinski definition) is 2. The van der Waals surface area contributed by atoms with Crippen molar-refractivity contribution >= 4 is 30.8 Å². The maximum absolute atomic E-state index is 13.6. The minimum atomic E-state index is -2.75. The maximum Gasteiger partial charge on any atom is 0.280 e. The van der Waals surface area contributed by atoms with Gasteiger partial charge in [-0.1, -0.05) is 25.7 Å². The van der Waals surface area contributed by atoms with Crippen molar-refractivity contribution in [3.8, 4) is 22.5 Å². The van der Waals surface area contributed by atoms with Crippen molar-refractivity contribution < 1.29 is 23.4 Å². The zero-order valence-electron chi connectivity index (χ0n) is 21.8. The Hall–Kier alpha value is -3.54. The first-order valence-corrected chi connectivity index (χ1v) is 16.0. The number of carbonyl (C=O) groups excluding carboxylic acids is 1. The Bertz CT molecular complexity index is 1450. The molecular formula is C27H31F2N5O3Si. The van der Waals surface area contributed by atoms with Gasteiger partial charge >= 0.3 is 0 Å². The van der Waals surface area contributed by atoms with Crippen LogP contribution in [-0.2, 0) is 22.9 Å². The summed E-state index contributed by atoms with van der Waals surface area (Å²) < 4.78 is 35.3. The second kappa shape index (κ2) is 11.5. The normalized spacial score (nSPS) is 11.9. The van der Waals surface area contributed by atoms with Crippen molar-refractivity contribution in [1.82, 2.24) is 19.5 Å². The third-order valence-corrected chi connectivity index (χ3v) is 7.70. The molecule has 0 aliphatic carbocycles. The van der Waals surface area contributed by atoms with E-state index in [2.05, 4.69) is 39.9 Å². The standard InChI is InChI=1S/C27H31F2N5O3Si/c1-17(36)32-22-14-18(8-10-30-22)25-23(20-6-5-7-21(33-20)27(28)29)24-26(19(15-35)9-11-31-24)34(25)16-37-12-13-38(2,3)4/h5-11,14,27,35H,12-13,15-16H2,1-4H3,(H,30,32,36). The molecule has 0 fully saturated rings. The van der Waals surface area contributed by atoms with Gasteiger partial charge in [-0.3, -0.25) is 9.78 Å². The largest absolute Gasteiger partial charge is 0.392 e. The summed E-state index contributed by atoms with van der Waals surface area (Å²) in [5.74, 6) is 0.0580. The SMILES string of the molecule is CC(=O)Nc1cc(-c2c(-c3cccc(C(F)F)n3)c3nccc(CO)c3n2COCC[Si](C)(C)C)ccn1. The van der Waals surface area contributed by atoms with Crippen LogP contribution in [0.4, 0.5) is 14.6 Å². The molecule has 0 aliphatic heterocycles. The lowest BCUT2D eigenvalue weighted by atomic mass is 10.0. The molecule has 2 N–H and O–H groups in total. The number of aliphatic hydroxyl groups excluding tert-OH is 1. The van der Waals surface area contributed by atoms with Crippen molar-refractivity contribution in [2.24, 2.45) is 0 Å². The molecule has 0 saturated carbocycles. The topological polar surface area (TPSA) is 102 Å². The van der Waals surface area contributed by atoms with Crippen molar-refractivity contribution in [1.29, 1.82) is 0 Å². The molecule has 1 amide bonds. The highest BCUT2D eigenvalue weighted by molar-refractivity contribution is 6.76. The molecule has 0 bridgehead atoms. The van der Waals surface area contributed by atoms with E-state index in [0.29, 0.717) is 51.5 Å². The van der Waals surface area contributed by atoms with Crippen LogP contribution in [0.5, 0.6) is 0 Å². The highest BCUT2D eigenvalue weighted by atomic mass is 28.3. The smallest absolute Gasteiger partial charge is 0.280 e. The molecule has 38 heavy (non-hydrogen) atoms. The van der Waals surface area contributed by atoms with Gasteiger partial charge in [0.25, 0.3) is 6.43 Å². The van der Waals surface area contributed by atoms with E-state index in [0.717, 1.165) is 6.04 Å². The molecular weight excluding hydrogens is 508 g/mol. The summed E-state index contributed by atoms with van der Waals surface area (Å²) in [7, 11) is -1.35. The number of alkyl halides is 2. The lowest BCUT2D eigenvalue weighted by Crippen LogP contribution is -2.22. The number of aromatic nitrogens is 4. The molecule has 0 radical (unpaired) electrons. The van der Waals surface area contributed by atoms with Gasteiger partial charge < -0.3 is 19.7 Å². The molecule has 4 rings (SSSR count). The first-order valence-electron chi connectivity index (χ1n) is 12.3. The molecule has 4 aromatic rings. The number of nitrogens with zero attached hydrogens (tertiary/aromatic N) is 4. The lowest BCUT2D eigenvalue weighted by Gasteiger charge is -2.18. The second-order valence-electron chi connectivity index (χ2n) is 10.2. The summed E-state index contributed by atoms with van der Waals surface area (Å²) in [6.07, 6.45) is 0.385. The Morgan fingerprint density at radius 1 is 1.16 bits per heavy atom. The Morgan fingerprint density at radius 3 is 2.61 bits per heavy atom. The van der Waals surface area contributed by atoms with E-state index in [1.54, 1.807) is 36.7 Å². The average Bonchev–Trinajstić information content (AvgIpc) is 3.20. The number of fused-ring (bicyclic) bond motifs is 1. The molecule has 8 nitrogen and oxygen atoms in total. The number of anilines is 1. The predicted molar refractivity (Wildman–Crippen MR) is 145 cm³/mol. The van der Waals surface area contributed by atoms with Gasteiger partial charge in [-0.05, 0) is 36.4 Å². The minimum absolute atomic E-state index is 0.140. The van der Waals surface area contributed by atoms with Gasteiger partial charge in [0.05, 0.1) is 34.6 Å². The zero-order chi connectivity index (χ0) is 27.4. The molecule has 0 spiro atoms. The predicted octanol–water partition coefficient (Wildman–Crippen LogP) is 5.86. The van der Waals surface area contributed by atoms with Crippen molar-refractivity contribution in [2.45, 2.75) is 52.4 Å². The van der Waals surface area contributed by atoms with E-state index < -0.39 is 14.5 Å². The second-order valence-corrected chi connectivity index (χ2v) is 15.8. The summed E-state index contributed by atoms with van der Waals surface area (Å²) in [5, 5.41) is 12.9. The van der Waals surface area contributed by atoms with Gasteiger partial charge in [0.1, 0.15) is 18.2 Å². The monoisotopic (exact) mass is 539 g/mol. The summed E-state index contributed by atoms with van der Waals surface area (Å²) >= 11 is 0. The minimum Gasteiger partial charge on any atom is -0.392 e. The number of carbonyl (C=O) groups is 1. The van der Waals surface area contributed by atoms with Gasteiger partial charge in [0.15, 0.2) is 0 Å². The summed E-state index contributed by atoms with van der Waals surface area (Å²) in [4.78, 5) is 24.8. The van der Waals surface area contributed by atoms with E-state index >= 15 is 0 Å². The number of halogens is 2. The van der Waals surface area contributed by atoms with Crippen LogP contribution < -0.4 is 5.32 Å². The van der Waals surface area contributed by atoms with Crippen molar-refractivity contribution in [2.75, 3.05) is 11.9 Å². The lowest BCUT2D eigenvalue weighted by molar-refractivity contribution is -0.114. The fourth-order valence-electron chi connectivity index (χ4n) is 4.21. The van der Waals surface area contributed by atoms with E-state index in [4.69, 9.17) is 4.74 Å². The third kappa shape index (κ3) is 6.12. The molecule has 0 saturated heterocycles. The number of amides is 1. The molecule has 4 aromatic heterocycles. The van der Waals surface area contributed by atoms with Crippen LogP contribution in [0.3, 0.4) is 0 Å². The molecule has 0 aliphatic rings. The molecule has 0 atom stereocenters. The number of ether oxygens (including phenoxy) is 1. The van der Waals surface area contributed by atoms with E-state index in [9.17, 15) is 18.7 Å². The van der Waals surface area contributed by atoms with Crippen LogP contribution in [0, 0.1) is 0 Å². The Labute approximate surface area is 220 Å². The highest BCUT2D eigenvalue weighted by Gasteiger charge is 2.25. The molecule has 11 heteroatoms. The molecule has 0 aromatic carbocycles. The van der Waals surface area contributed by atoms with Crippen molar-refractivity contribution in [3.05, 3.63) is 60.0 Å². The molecule has 4 heterocycles. The molecule has 200 valence electrons.